The molecule has 1 aromatic heterocycles. The number of hydrogen-bond donors (Lipinski definition) is 2. The average Bonchev–Trinajstić information content (AvgIpc) is 3.20. The molecule has 36 heavy (non-hydrogen) atoms. The van der Waals surface area contributed by atoms with Crippen LogP contribution < -0.4 is 10.1 Å². The van der Waals surface area contributed by atoms with Gasteiger partial charge in [-0.1, -0.05) is 54.4 Å². The van der Waals surface area contributed by atoms with Crippen molar-refractivity contribution < 1.29 is 14.6 Å². The predicted molar refractivity (Wildman–Crippen MR) is 143 cm³/mol. The molecule has 2 heterocycles. The van der Waals surface area contributed by atoms with Gasteiger partial charge in [-0.25, -0.2) is 4.98 Å². The minimum atomic E-state index is -0.510. The number of pyridine rings is 1. The third-order valence-corrected chi connectivity index (χ3v) is 8.90. The van der Waals surface area contributed by atoms with E-state index < -0.39 is 5.41 Å². The molecule has 2 fully saturated rings. The van der Waals surface area contributed by atoms with Crippen LogP contribution in [0, 0.1) is 11.3 Å². The Kier molecular flexibility index (Phi) is 6.99. The Labute approximate surface area is 221 Å². The molecule has 0 radical (unpaired) electrons. The van der Waals surface area contributed by atoms with E-state index in [9.17, 15) is 9.90 Å². The first kappa shape index (κ1) is 25.1. The number of nitrogens with zero attached hydrogens (tertiary/aromatic N) is 1. The van der Waals surface area contributed by atoms with Gasteiger partial charge in [-0.15, -0.1) is 0 Å². The SMILES string of the molecule is CC[C@@]12CC[C@@H](c3ccc(-c4cccnc4OC)cc3Cl)C(c3ccc(Cl)cc3)[C@@H]1[C@@H](CO)NC2=O. The molecule has 0 bridgehead atoms. The lowest BCUT2D eigenvalue weighted by Crippen LogP contribution is -2.45. The van der Waals surface area contributed by atoms with Gasteiger partial charge >= 0.3 is 0 Å². The molecule has 2 N–H and O–H groups in total. The lowest BCUT2D eigenvalue weighted by Gasteiger charge is -2.48. The van der Waals surface area contributed by atoms with Crippen LogP contribution in [0.25, 0.3) is 11.1 Å². The van der Waals surface area contributed by atoms with E-state index in [4.69, 9.17) is 27.9 Å². The summed E-state index contributed by atoms with van der Waals surface area (Å²) in [6.45, 7) is 1.98. The van der Waals surface area contributed by atoms with Crippen molar-refractivity contribution in [1.29, 1.82) is 0 Å². The minimum absolute atomic E-state index is 0.0108. The van der Waals surface area contributed by atoms with Crippen LogP contribution in [0.3, 0.4) is 0 Å². The molecule has 2 aromatic carbocycles. The van der Waals surface area contributed by atoms with Crippen LogP contribution in [0.2, 0.25) is 10.0 Å². The number of aliphatic hydroxyl groups excluding tert-OH is 1. The van der Waals surface area contributed by atoms with E-state index in [1.54, 1.807) is 13.3 Å². The summed E-state index contributed by atoms with van der Waals surface area (Å²) in [6.07, 6.45) is 3.99. The Balaban J connectivity index is 1.61. The van der Waals surface area contributed by atoms with E-state index in [-0.39, 0.29) is 36.3 Å². The van der Waals surface area contributed by atoms with E-state index in [2.05, 4.69) is 29.4 Å². The predicted octanol–water partition coefficient (Wildman–Crippen LogP) is 6.23. The highest BCUT2D eigenvalue weighted by molar-refractivity contribution is 6.31. The molecular formula is C29H30Cl2N2O3. The Bertz CT molecular complexity index is 1270. The second-order valence-electron chi connectivity index (χ2n) is 9.82. The van der Waals surface area contributed by atoms with Crippen LogP contribution in [-0.2, 0) is 4.79 Å². The van der Waals surface area contributed by atoms with Crippen LogP contribution in [-0.4, -0.2) is 35.8 Å². The number of aromatic nitrogens is 1. The second-order valence-corrected chi connectivity index (χ2v) is 10.7. The third kappa shape index (κ3) is 4.07. The van der Waals surface area contributed by atoms with Crippen molar-refractivity contribution in [2.75, 3.05) is 13.7 Å². The van der Waals surface area contributed by atoms with Crippen molar-refractivity contribution >= 4 is 29.1 Å². The fraction of sp³-hybridized carbons (Fsp3) is 0.379. The molecular weight excluding hydrogens is 495 g/mol. The van der Waals surface area contributed by atoms with Crippen molar-refractivity contribution in [3.8, 4) is 17.0 Å². The second kappa shape index (κ2) is 10.0. The number of carbonyl (C=O) groups excluding carboxylic acids is 1. The van der Waals surface area contributed by atoms with Crippen molar-refractivity contribution in [3.63, 3.8) is 0 Å². The van der Waals surface area contributed by atoms with Crippen molar-refractivity contribution in [1.82, 2.24) is 10.3 Å². The van der Waals surface area contributed by atoms with Crippen LogP contribution in [0.5, 0.6) is 5.88 Å². The van der Waals surface area contributed by atoms with Crippen LogP contribution >= 0.6 is 23.2 Å². The smallest absolute Gasteiger partial charge is 0.226 e. The van der Waals surface area contributed by atoms with Crippen molar-refractivity contribution in [3.05, 3.63) is 82.0 Å². The molecule has 5 rings (SSSR count). The Morgan fingerprint density at radius 3 is 2.61 bits per heavy atom. The van der Waals surface area contributed by atoms with Gasteiger partial charge in [0.25, 0.3) is 0 Å². The first-order chi connectivity index (χ1) is 17.4. The number of amides is 1. The molecule has 5 nitrogen and oxygen atoms in total. The van der Waals surface area contributed by atoms with E-state index in [0.29, 0.717) is 15.9 Å². The summed E-state index contributed by atoms with van der Waals surface area (Å²) in [5.41, 5.74) is 3.45. The Morgan fingerprint density at radius 2 is 1.94 bits per heavy atom. The molecule has 2 aliphatic rings. The van der Waals surface area contributed by atoms with Crippen LogP contribution in [0.15, 0.2) is 60.8 Å². The number of benzene rings is 2. The topological polar surface area (TPSA) is 71.5 Å². The monoisotopic (exact) mass is 524 g/mol. The van der Waals surface area contributed by atoms with Gasteiger partial charge in [0.2, 0.25) is 11.8 Å². The van der Waals surface area contributed by atoms with E-state index in [1.807, 2.05) is 42.5 Å². The maximum Gasteiger partial charge on any atom is 0.226 e. The summed E-state index contributed by atoms with van der Waals surface area (Å²) >= 11 is 13.2. The van der Waals surface area contributed by atoms with Gasteiger partial charge in [-0.2, -0.15) is 0 Å². The van der Waals surface area contributed by atoms with E-state index in [1.165, 1.54) is 0 Å². The maximum atomic E-state index is 13.2. The maximum absolute atomic E-state index is 13.2. The number of rotatable bonds is 6. The zero-order valence-electron chi connectivity index (χ0n) is 20.4. The molecule has 188 valence electrons. The molecule has 1 saturated heterocycles. The standard InChI is InChI=1S/C29H30Cl2N2O3/c1-3-29-13-12-22(21-11-8-18(15-23(21)31)20-5-4-14-32-27(20)36-2)25(17-6-9-19(30)10-7-17)26(29)24(16-34)33-28(29)35/h4-11,14-15,22,24-26,34H,3,12-13,16H2,1-2H3,(H,33,35)/t22-,24+,25?,26-,29+/m0/s1. The minimum Gasteiger partial charge on any atom is -0.481 e. The van der Waals surface area contributed by atoms with Gasteiger partial charge < -0.3 is 15.2 Å². The number of methoxy groups -OCH3 is 1. The molecule has 1 saturated carbocycles. The molecule has 1 amide bonds. The number of ether oxygens (including phenoxy) is 1. The third-order valence-electron chi connectivity index (χ3n) is 8.32. The quantitative estimate of drug-likeness (QED) is 0.401. The van der Waals surface area contributed by atoms with Crippen molar-refractivity contribution in [2.24, 2.45) is 11.3 Å². The highest BCUT2D eigenvalue weighted by Crippen LogP contribution is 2.60. The van der Waals surface area contributed by atoms with Gasteiger partial charge in [0, 0.05) is 27.7 Å². The molecule has 5 atom stereocenters. The number of aliphatic hydroxyl groups is 1. The van der Waals surface area contributed by atoms with Crippen molar-refractivity contribution in [2.45, 2.75) is 44.1 Å². The highest BCUT2D eigenvalue weighted by atomic mass is 35.5. The first-order valence-electron chi connectivity index (χ1n) is 12.4. The summed E-state index contributed by atoms with van der Waals surface area (Å²) < 4.78 is 5.45. The zero-order chi connectivity index (χ0) is 25.4. The van der Waals surface area contributed by atoms with Gasteiger partial charge in [0.15, 0.2) is 0 Å². The average molecular weight is 525 g/mol. The number of carbonyl (C=O) groups is 1. The number of nitrogens with one attached hydrogen (secondary N) is 1. The fourth-order valence-electron chi connectivity index (χ4n) is 6.63. The molecule has 1 aliphatic heterocycles. The van der Waals surface area contributed by atoms with Crippen LogP contribution in [0.1, 0.15) is 49.1 Å². The molecule has 1 aliphatic carbocycles. The van der Waals surface area contributed by atoms with E-state index in [0.717, 1.165) is 41.5 Å². The largest absolute Gasteiger partial charge is 0.481 e. The van der Waals surface area contributed by atoms with Gasteiger partial charge in [-0.3, -0.25) is 4.79 Å². The van der Waals surface area contributed by atoms with Gasteiger partial charge in [-0.05, 0) is 78.1 Å². The Morgan fingerprint density at radius 1 is 1.17 bits per heavy atom. The fourth-order valence-corrected chi connectivity index (χ4v) is 7.08. The van der Waals surface area contributed by atoms with Gasteiger partial charge in [0.05, 0.1) is 25.2 Å². The molecule has 0 spiro atoms. The molecule has 7 heteroatoms. The molecule has 1 unspecified atom stereocenters. The Hall–Kier alpha value is -2.60. The summed E-state index contributed by atoms with van der Waals surface area (Å²) in [5, 5.41) is 14.7. The summed E-state index contributed by atoms with van der Waals surface area (Å²) in [6, 6.07) is 17.5. The van der Waals surface area contributed by atoms with Crippen LogP contribution in [0.4, 0.5) is 0 Å². The lowest BCUT2D eigenvalue weighted by atomic mass is 9.54. The molecule has 3 aromatic rings. The first-order valence-corrected chi connectivity index (χ1v) is 13.1. The summed E-state index contributed by atoms with van der Waals surface area (Å²) in [5.74, 6) is 0.607. The normalized spacial score (nSPS) is 27.4. The van der Waals surface area contributed by atoms with E-state index >= 15 is 0 Å². The number of hydrogen-bond acceptors (Lipinski definition) is 4. The summed E-state index contributed by atoms with van der Waals surface area (Å²) in [4.78, 5) is 17.6. The zero-order valence-corrected chi connectivity index (χ0v) is 21.9. The number of halogens is 2. The summed E-state index contributed by atoms with van der Waals surface area (Å²) in [7, 11) is 1.61. The lowest BCUT2D eigenvalue weighted by molar-refractivity contribution is -0.131. The highest BCUT2D eigenvalue weighted by Gasteiger charge is 2.60. The van der Waals surface area contributed by atoms with Gasteiger partial charge in [0.1, 0.15) is 0 Å². The number of fused-ring (bicyclic) bond motifs is 1.